The maximum absolute atomic E-state index is 12.4. The highest BCUT2D eigenvalue weighted by molar-refractivity contribution is 7.99. The number of likely N-dealkylation sites (tertiary alicyclic amines) is 1. The quantitative estimate of drug-likeness (QED) is 0.796. The van der Waals surface area contributed by atoms with Crippen LogP contribution in [-0.4, -0.2) is 59.9 Å². The number of aliphatic carboxylic acids is 1. The van der Waals surface area contributed by atoms with Crippen LogP contribution < -0.4 is 0 Å². The van der Waals surface area contributed by atoms with Crippen molar-refractivity contribution in [1.82, 2.24) is 25.1 Å². The molecule has 0 radical (unpaired) electrons. The van der Waals surface area contributed by atoms with Gasteiger partial charge in [0.1, 0.15) is 6.54 Å². The zero-order chi connectivity index (χ0) is 15.4. The lowest BCUT2D eigenvalue weighted by molar-refractivity contribution is -0.138. The number of hydrogen-bond donors (Lipinski definition) is 1. The average molecular weight is 313 g/mol. The van der Waals surface area contributed by atoms with E-state index in [1.807, 2.05) is 4.90 Å². The van der Waals surface area contributed by atoms with Gasteiger partial charge in [-0.05, 0) is 43.5 Å². The molecule has 8 nitrogen and oxygen atoms in total. The van der Waals surface area contributed by atoms with Gasteiger partial charge in [0.25, 0.3) is 0 Å². The van der Waals surface area contributed by atoms with Crippen molar-refractivity contribution in [3.8, 4) is 0 Å². The second-order valence-corrected chi connectivity index (χ2v) is 6.17. The number of rotatable bonds is 5. The largest absolute Gasteiger partial charge is 0.480 e. The number of hydrogen-bond acceptors (Lipinski definition) is 6. The molecule has 0 aliphatic carbocycles. The van der Waals surface area contributed by atoms with E-state index in [0.717, 1.165) is 19.3 Å². The molecule has 2 heterocycles. The Morgan fingerprint density at radius 2 is 2.00 bits per heavy atom. The van der Waals surface area contributed by atoms with E-state index in [1.165, 1.54) is 16.4 Å². The first-order valence-corrected chi connectivity index (χ1v) is 7.89. The van der Waals surface area contributed by atoms with E-state index in [9.17, 15) is 9.59 Å². The van der Waals surface area contributed by atoms with Crippen LogP contribution in [0.2, 0.25) is 0 Å². The zero-order valence-electron chi connectivity index (χ0n) is 12.1. The van der Waals surface area contributed by atoms with Crippen molar-refractivity contribution < 1.29 is 14.7 Å². The van der Waals surface area contributed by atoms with Crippen LogP contribution in [0.4, 0.5) is 0 Å². The van der Waals surface area contributed by atoms with E-state index in [1.54, 1.807) is 0 Å². The fraction of sp³-hybridized carbons (Fsp3) is 0.750. The molecule has 21 heavy (non-hydrogen) atoms. The summed E-state index contributed by atoms with van der Waals surface area (Å²) in [6, 6.07) is 0.494. The molecule has 0 saturated carbocycles. The Labute approximate surface area is 126 Å². The molecule has 1 aliphatic rings. The highest BCUT2D eigenvalue weighted by Gasteiger charge is 2.29. The molecule has 1 N–H and O–H groups in total. The predicted octanol–water partition coefficient (Wildman–Crippen LogP) is 0.639. The van der Waals surface area contributed by atoms with Gasteiger partial charge in [-0.3, -0.25) is 9.59 Å². The summed E-state index contributed by atoms with van der Waals surface area (Å²) in [5.74, 6) is -0.757. The van der Waals surface area contributed by atoms with Crippen molar-refractivity contribution in [2.24, 2.45) is 0 Å². The third-order valence-corrected chi connectivity index (χ3v) is 4.53. The van der Waals surface area contributed by atoms with Gasteiger partial charge in [0.05, 0.1) is 5.75 Å². The van der Waals surface area contributed by atoms with Crippen molar-refractivity contribution in [2.45, 2.75) is 56.9 Å². The number of amides is 1. The number of nitrogens with zero attached hydrogens (tertiary/aromatic N) is 5. The van der Waals surface area contributed by atoms with E-state index in [4.69, 9.17) is 5.11 Å². The van der Waals surface area contributed by atoms with Gasteiger partial charge in [-0.25, -0.2) is 4.68 Å². The van der Waals surface area contributed by atoms with Crippen molar-refractivity contribution in [3.63, 3.8) is 0 Å². The average Bonchev–Trinajstić information content (AvgIpc) is 2.82. The van der Waals surface area contributed by atoms with Gasteiger partial charge in [-0.1, -0.05) is 11.8 Å². The van der Waals surface area contributed by atoms with Gasteiger partial charge < -0.3 is 10.0 Å². The second kappa shape index (κ2) is 6.88. The third-order valence-electron chi connectivity index (χ3n) is 3.59. The molecular weight excluding hydrogens is 294 g/mol. The highest BCUT2D eigenvalue weighted by atomic mass is 32.2. The number of carboxylic acid groups (broad SMARTS) is 1. The maximum Gasteiger partial charge on any atom is 0.325 e. The first kappa shape index (κ1) is 15.7. The first-order chi connectivity index (χ1) is 9.99. The van der Waals surface area contributed by atoms with Crippen LogP contribution in [0.15, 0.2) is 5.16 Å². The predicted molar refractivity (Wildman–Crippen MR) is 75.8 cm³/mol. The Bertz CT molecular complexity index is 511. The number of carboxylic acids is 1. The summed E-state index contributed by atoms with van der Waals surface area (Å²) in [6.45, 7) is 3.82. The Kier molecular flexibility index (Phi) is 5.16. The van der Waals surface area contributed by atoms with E-state index in [0.29, 0.717) is 5.16 Å². The van der Waals surface area contributed by atoms with Crippen molar-refractivity contribution in [2.75, 3.05) is 5.75 Å². The van der Waals surface area contributed by atoms with Crippen LogP contribution in [0.5, 0.6) is 0 Å². The number of thioether (sulfide) groups is 1. The summed E-state index contributed by atoms with van der Waals surface area (Å²) in [4.78, 5) is 25.0. The van der Waals surface area contributed by atoms with Crippen molar-refractivity contribution >= 4 is 23.6 Å². The van der Waals surface area contributed by atoms with Crippen LogP contribution in [0.3, 0.4) is 0 Å². The zero-order valence-corrected chi connectivity index (χ0v) is 12.9. The molecule has 116 valence electrons. The van der Waals surface area contributed by atoms with Crippen LogP contribution in [0.25, 0.3) is 0 Å². The lowest BCUT2D eigenvalue weighted by atomic mass is 9.98. The fourth-order valence-electron chi connectivity index (χ4n) is 2.64. The fourth-order valence-corrected chi connectivity index (χ4v) is 3.39. The monoisotopic (exact) mass is 313 g/mol. The molecule has 0 aromatic carbocycles. The molecule has 2 atom stereocenters. The summed E-state index contributed by atoms with van der Waals surface area (Å²) in [7, 11) is 0. The molecule has 1 fully saturated rings. The maximum atomic E-state index is 12.4. The third kappa shape index (κ3) is 3.93. The van der Waals surface area contributed by atoms with Gasteiger partial charge in [0, 0.05) is 12.1 Å². The number of piperidine rings is 1. The lowest BCUT2D eigenvalue weighted by Crippen LogP contribution is -2.48. The van der Waals surface area contributed by atoms with Gasteiger partial charge in [-0.15, -0.1) is 5.10 Å². The van der Waals surface area contributed by atoms with Crippen LogP contribution in [-0.2, 0) is 16.1 Å². The van der Waals surface area contributed by atoms with E-state index < -0.39 is 5.97 Å². The SMILES string of the molecule is CC1CCCC(C)N1C(=O)CSc1nnnn1CC(=O)O. The van der Waals surface area contributed by atoms with Crippen LogP contribution >= 0.6 is 11.8 Å². The van der Waals surface area contributed by atoms with Crippen molar-refractivity contribution in [1.29, 1.82) is 0 Å². The molecule has 9 heteroatoms. The molecule has 1 aromatic heterocycles. The molecule has 2 rings (SSSR count). The summed E-state index contributed by atoms with van der Waals surface area (Å²) < 4.78 is 1.18. The Morgan fingerprint density at radius 3 is 2.62 bits per heavy atom. The summed E-state index contributed by atoms with van der Waals surface area (Å²) >= 11 is 1.17. The summed E-state index contributed by atoms with van der Waals surface area (Å²) in [5.41, 5.74) is 0. The summed E-state index contributed by atoms with van der Waals surface area (Å²) in [6.07, 6.45) is 3.20. The van der Waals surface area contributed by atoms with Gasteiger partial charge in [0.2, 0.25) is 11.1 Å². The number of carbonyl (C=O) groups is 2. The molecular formula is C12H19N5O3S. The topological polar surface area (TPSA) is 101 Å². The van der Waals surface area contributed by atoms with Crippen LogP contribution in [0.1, 0.15) is 33.1 Å². The Balaban J connectivity index is 1.94. The van der Waals surface area contributed by atoms with Crippen molar-refractivity contribution in [3.05, 3.63) is 0 Å². The molecule has 0 bridgehead atoms. The summed E-state index contributed by atoms with van der Waals surface area (Å²) in [5, 5.41) is 19.9. The highest BCUT2D eigenvalue weighted by Crippen LogP contribution is 2.24. The van der Waals surface area contributed by atoms with E-state index in [2.05, 4.69) is 29.4 Å². The minimum Gasteiger partial charge on any atom is -0.480 e. The molecule has 1 amide bonds. The lowest BCUT2D eigenvalue weighted by Gasteiger charge is -2.39. The molecule has 0 spiro atoms. The Morgan fingerprint density at radius 1 is 1.33 bits per heavy atom. The second-order valence-electron chi connectivity index (χ2n) is 5.23. The standard InChI is InChI=1S/C12H19N5O3S/c1-8-4-3-5-9(2)17(8)10(18)7-21-12-13-14-15-16(12)6-11(19)20/h8-9H,3-7H2,1-2H3,(H,19,20). The minimum absolute atomic E-state index is 0.0459. The van der Waals surface area contributed by atoms with Crippen LogP contribution in [0, 0.1) is 0 Å². The van der Waals surface area contributed by atoms with Gasteiger partial charge in [0.15, 0.2) is 0 Å². The Hall–Kier alpha value is -1.64. The number of aromatic nitrogens is 4. The van der Waals surface area contributed by atoms with Gasteiger partial charge >= 0.3 is 5.97 Å². The van der Waals surface area contributed by atoms with E-state index in [-0.39, 0.29) is 30.3 Å². The molecule has 1 aromatic rings. The number of tetrazole rings is 1. The molecule has 1 aliphatic heterocycles. The van der Waals surface area contributed by atoms with E-state index >= 15 is 0 Å². The van der Waals surface area contributed by atoms with Gasteiger partial charge in [-0.2, -0.15) is 0 Å². The first-order valence-electron chi connectivity index (χ1n) is 6.91. The molecule has 1 saturated heterocycles. The normalized spacial score (nSPS) is 22.3. The smallest absolute Gasteiger partial charge is 0.325 e. The number of carbonyl (C=O) groups excluding carboxylic acids is 1. The molecule has 2 unspecified atom stereocenters. The minimum atomic E-state index is -1.02.